The predicted molar refractivity (Wildman–Crippen MR) is 159 cm³/mol. The van der Waals surface area contributed by atoms with Crippen molar-refractivity contribution in [2.75, 3.05) is 21.3 Å². The highest BCUT2D eigenvalue weighted by atomic mass is 16.7. The molecule has 0 bridgehead atoms. The van der Waals surface area contributed by atoms with Gasteiger partial charge in [-0.15, -0.1) is 0 Å². The van der Waals surface area contributed by atoms with Crippen LogP contribution in [0.2, 0.25) is 0 Å². The zero-order valence-electron chi connectivity index (χ0n) is 23.8. The summed E-state index contributed by atoms with van der Waals surface area (Å²) >= 11 is 0. The lowest BCUT2D eigenvalue weighted by atomic mass is 9.79. The van der Waals surface area contributed by atoms with Crippen molar-refractivity contribution < 1.29 is 28.8 Å². The summed E-state index contributed by atoms with van der Waals surface area (Å²) in [7, 11) is 5.00. The van der Waals surface area contributed by atoms with E-state index in [0.29, 0.717) is 18.6 Å². The molecule has 0 aromatic heterocycles. The average molecular weight is 549 g/mol. The van der Waals surface area contributed by atoms with Gasteiger partial charge in [0.25, 0.3) is 0 Å². The number of benzene rings is 5. The van der Waals surface area contributed by atoms with Gasteiger partial charge in [0.1, 0.15) is 34.5 Å². The lowest BCUT2D eigenvalue weighted by Crippen LogP contribution is -2.37. The molecule has 6 nitrogen and oxygen atoms in total. The van der Waals surface area contributed by atoms with Crippen LogP contribution in [0, 0.1) is 0 Å². The Kier molecular flexibility index (Phi) is 5.72. The topological polar surface area (TPSA) is 66.4 Å². The van der Waals surface area contributed by atoms with Crippen LogP contribution in [0.4, 0.5) is 0 Å². The summed E-state index contributed by atoms with van der Waals surface area (Å²) in [6.07, 6.45) is 1.34. The van der Waals surface area contributed by atoms with Crippen LogP contribution in [0.25, 0.3) is 21.5 Å². The Morgan fingerprint density at radius 3 is 2.17 bits per heavy atom. The van der Waals surface area contributed by atoms with Gasteiger partial charge in [0, 0.05) is 25.8 Å². The van der Waals surface area contributed by atoms with Crippen molar-refractivity contribution in [1.29, 1.82) is 0 Å². The number of fused-ring (bicyclic) bond motifs is 3. The van der Waals surface area contributed by atoms with E-state index in [4.69, 9.17) is 23.7 Å². The average Bonchev–Trinajstić information content (AvgIpc) is 3.13. The molecule has 0 amide bonds. The summed E-state index contributed by atoms with van der Waals surface area (Å²) in [6, 6.07) is 22.4. The van der Waals surface area contributed by atoms with Gasteiger partial charge < -0.3 is 28.8 Å². The predicted octanol–water partition coefficient (Wildman–Crippen LogP) is 7.51. The maximum Gasteiger partial charge on any atom is 0.245 e. The maximum absolute atomic E-state index is 11.8. The molecule has 7 rings (SSSR count). The molecule has 1 N–H and O–H groups in total. The van der Waals surface area contributed by atoms with Crippen LogP contribution in [0.15, 0.2) is 66.7 Å². The van der Waals surface area contributed by atoms with E-state index < -0.39 is 5.79 Å². The van der Waals surface area contributed by atoms with Gasteiger partial charge in [-0.1, -0.05) is 30.3 Å². The second-order valence-corrected chi connectivity index (χ2v) is 11.1. The normalized spacial score (nSPS) is 16.7. The monoisotopic (exact) mass is 548 g/mol. The standard InChI is InChI=1S/C35H32O6/c1-35(2)40-28-11-7-9-22-23(14-15-29(41-35)33(22)28)32-25-16-19-8-6-10-27(38-4)31(19)34(36)24(25)13-12-21-26(32)17-20(37-3)18-30(21)39-5/h6-11,14-18,32,36H,12-13H2,1-5H3. The van der Waals surface area contributed by atoms with Crippen molar-refractivity contribution in [2.45, 2.75) is 38.4 Å². The van der Waals surface area contributed by atoms with Gasteiger partial charge in [0.05, 0.1) is 32.1 Å². The van der Waals surface area contributed by atoms with E-state index >= 15 is 0 Å². The largest absolute Gasteiger partial charge is 0.507 e. The van der Waals surface area contributed by atoms with Crippen LogP contribution in [0.1, 0.15) is 47.6 Å². The Morgan fingerprint density at radius 2 is 1.41 bits per heavy atom. The molecule has 1 unspecified atom stereocenters. The SMILES string of the molecule is COc1cc(OC)c2c(c1)C(c1ccc3c4c(cccc14)OC(C)(C)O3)c1cc3cccc(OC)c3c(O)c1CC2. The minimum atomic E-state index is -0.769. The molecular weight excluding hydrogens is 516 g/mol. The lowest BCUT2D eigenvalue weighted by Gasteiger charge is -2.34. The number of aromatic hydroxyl groups is 1. The van der Waals surface area contributed by atoms with Gasteiger partial charge in [0.2, 0.25) is 5.79 Å². The van der Waals surface area contributed by atoms with Crippen molar-refractivity contribution in [3.63, 3.8) is 0 Å². The Bertz CT molecular complexity index is 1840. The van der Waals surface area contributed by atoms with Crippen LogP contribution in [-0.2, 0) is 12.8 Å². The molecule has 1 heterocycles. The van der Waals surface area contributed by atoms with Gasteiger partial charge in [-0.05, 0) is 81.8 Å². The first-order valence-corrected chi connectivity index (χ1v) is 13.8. The molecule has 0 fully saturated rings. The fraction of sp³-hybridized carbons (Fsp3) is 0.257. The molecule has 1 aliphatic heterocycles. The first-order valence-electron chi connectivity index (χ1n) is 13.8. The number of rotatable bonds is 4. The van der Waals surface area contributed by atoms with E-state index in [0.717, 1.165) is 72.4 Å². The van der Waals surface area contributed by atoms with E-state index in [1.54, 1.807) is 21.3 Å². The summed E-state index contributed by atoms with van der Waals surface area (Å²) in [5.74, 6) is 2.99. The van der Waals surface area contributed by atoms with Crippen molar-refractivity contribution in [1.82, 2.24) is 0 Å². The fourth-order valence-electron chi connectivity index (χ4n) is 6.71. The Labute approximate surface area is 239 Å². The molecular formula is C35H32O6. The summed E-state index contributed by atoms with van der Waals surface area (Å²) in [5, 5.41) is 15.5. The minimum absolute atomic E-state index is 0.229. The first kappa shape index (κ1) is 25.4. The summed E-state index contributed by atoms with van der Waals surface area (Å²) in [4.78, 5) is 0. The quantitative estimate of drug-likeness (QED) is 0.251. The van der Waals surface area contributed by atoms with Crippen LogP contribution >= 0.6 is 0 Å². The van der Waals surface area contributed by atoms with Gasteiger partial charge in [-0.3, -0.25) is 0 Å². The van der Waals surface area contributed by atoms with Crippen molar-refractivity contribution in [2.24, 2.45) is 0 Å². The van der Waals surface area contributed by atoms with Crippen LogP contribution in [0.5, 0.6) is 34.5 Å². The zero-order valence-corrected chi connectivity index (χ0v) is 23.8. The molecule has 41 heavy (non-hydrogen) atoms. The molecule has 0 saturated carbocycles. The molecule has 1 atom stereocenters. The van der Waals surface area contributed by atoms with E-state index in [-0.39, 0.29) is 11.7 Å². The number of hydrogen-bond donors (Lipinski definition) is 1. The van der Waals surface area contributed by atoms with E-state index in [9.17, 15) is 5.11 Å². The Morgan fingerprint density at radius 1 is 0.707 bits per heavy atom. The van der Waals surface area contributed by atoms with E-state index in [2.05, 4.69) is 24.3 Å². The number of hydrogen-bond acceptors (Lipinski definition) is 6. The highest BCUT2D eigenvalue weighted by Crippen LogP contribution is 2.52. The lowest BCUT2D eigenvalue weighted by molar-refractivity contribution is -0.0861. The van der Waals surface area contributed by atoms with E-state index in [1.165, 1.54) is 0 Å². The smallest absolute Gasteiger partial charge is 0.245 e. The molecule has 6 heteroatoms. The molecule has 0 spiro atoms. The van der Waals surface area contributed by atoms with Gasteiger partial charge >= 0.3 is 0 Å². The van der Waals surface area contributed by atoms with Crippen LogP contribution in [-0.4, -0.2) is 32.2 Å². The molecule has 5 aromatic rings. The molecule has 1 aliphatic carbocycles. The zero-order chi connectivity index (χ0) is 28.5. The number of phenols is 1. The second-order valence-electron chi connectivity index (χ2n) is 11.1. The Balaban J connectivity index is 1.59. The highest BCUT2D eigenvalue weighted by Gasteiger charge is 2.35. The molecule has 0 radical (unpaired) electrons. The van der Waals surface area contributed by atoms with Gasteiger partial charge in [-0.25, -0.2) is 0 Å². The van der Waals surface area contributed by atoms with Crippen LogP contribution in [0.3, 0.4) is 0 Å². The molecule has 2 aliphatic rings. The first-order chi connectivity index (χ1) is 19.8. The summed E-state index contributed by atoms with van der Waals surface area (Å²) in [6.45, 7) is 3.84. The molecule has 208 valence electrons. The highest BCUT2D eigenvalue weighted by molar-refractivity contribution is 5.99. The Hall–Kier alpha value is -4.58. The van der Waals surface area contributed by atoms with Crippen molar-refractivity contribution in [3.05, 3.63) is 94.5 Å². The third kappa shape index (κ3) is 3.85. The van der Waals surface area contributed by atoms with Crippen LogP contribution < -0.4 is 23.7 Å². The fourth-order valence-corrected chi connectivity index (χ4v) is 6.71. The number of phenolic OH excluding ortho intramolecular Hbond substituents is 1. The maximum atomic E-state index is 11.8. The summed E-state index contributed by atoms with van der Waals surface area (Å²) in [5.41, 5.74) is 5.20. The number of ether oxygens (including phenoxy) is 5. The molecule has 0 saturated heterocycles. The summed E-state index contributed by atoms with van der Waals surface area (Å²) < 4.78 is 29.8. The van der Waals surface area contributed by atoms with Crippen molar-refractivity contribution in [3.8, 4) is 34.5 Å². The van der Waals surface area contributed by atoms with E-state index in [1.807, 2.05) is 56.3 Å². The third-order valence-corrected chi connectivity index (χ3v) is 8.40. The number of methoxy groups -OCH3 is 3. The van der Waals surface area contributed by atoms with Crippen molar-refractivity contribution >= 4 is 21.5 Å². The minimum Gasteiger partial charge on any atom is -0.507 e. The van der Waals surface area contributed by atoms with Gasteiger partial charge in [0.15, 0.2) is 0 Å². The molecule has 5 aromatic carbocycles. The third-order valence-electron chi connectivity index (χ3n) is 8.40. The second kappa shape index (κ2) is 9.23. The van der Waals surface area contributed by atoms with Gasteiger partial charge in [-0.2, -0.15) is 0 Å².